The number of piperidine rings is 1. The monoisotopic (exact) mass is 1360 g/mol. The number of aliphatic hydroxyl groups is 2. The van der Waals surface area contributed by atoms with E-state index in [0.717, 1.165) is 35.9 Å². The van der Waals surface area contributed by atoms with Gasteiger partial charge in [0.05, 0.1) is 55.8 Å². The molecule has 5 aromatic rings. The van der Waals surface area contributed by atoms with Gasteiger partial charge in [-0.1, -0.05) is 76.3 Å². The number of aryl methyl sites for hydroxylation is 3. The molecule has 0 spiro atoms. The van der Waals surface area contributed by atoms with E-state index >= 15 is 0 Å². The Morgan fingerprint density at radius 3 is 2.43 bits per heavy atom. The number of unbranched alkanes of at least 4 members (excludes halogenated alkanes) is 1. The second-order valence-corrected chi connectivity index (χ2v) is 27.6. The van der Waals surface area contributed by atoms with E-state index in [1.54, 1.807) is 45.7 Å². The molecule has 3 fully saturated rings. The molecule has 1 amide bonds. The predicted octanol–water partition coefficient (Wildman–Crippen LogP) is 9.33. The molecule has 0 unspecified atom stereocenters. The van der Waals surface area contributed by atoms with Gasteiger partial charge in [-0.05, 0) is 138 Å². The van der Waals surface area contributed by atoms with Gasteiger partial charge in [-0.3, -0.25) is 23.9 Å². The van der Waals surface area contributed by atoms with Gasteiger partial charge >= 0.3 is 5.97 Å². The zero-order chi connectivity index (χ0) is 70.4. The van der Waals surface area contributed by atoms with Crippen molar-refractivity contribution in [3.05, 3.63) is 89.9 Å². The van der Waals surface area contributed by atoms with Gasteiger partial charge in [0.25, 0.3) is 11.7 Å². The number of aliphatic hydroxyl groups excluding tert-OH is 1. The van der Waals surface area contributed by atoms with E-state index in [1.165, 1.54) is 18.3 Å². The number of allylic oxidation sites excluding steroid dienone is 6. The summed E-state index contributed by atoms with van der Waals surface area (Å²) in [6.45, 7) is 16.7. The number of ether oxygens (including phenoxy) is 7. The average Bonchev–Trinajstić information content (AvgIpc) is 1.38. The fraction of sp³-hybridized carbons (Fsp3) is 0.630. The van der Waals surface area contributed by atoms with Crippen LogP contribution in [-0.2, 0) is 76.8 Å². The fourth-order valence-electron chi connectivity index (χ4n) is 14.4. The van der Waals surface area contributed by atoms with Crippen LogP contribution in [-0.4, -0.2) is 180 Å². The van der Waals surface area contributed by atoms with E-state index in [2.05, 4.69) is 25.3 Å². The number of benzene rings is 1. The minimum atomic E-state index is -2.46. The number of carbonyl (C=O) groups is 5. The maximum Gasteiger partial charge on any atom is 0.329 e. The van der Waals surface area contributed by atoms with E-state index in [4.69, 9.17) is 48.4 Å². The second-order valence-electron chi connectivity index (χ2n) is 27.6. The first-order valence-corrected chi connectivity index (χ1v) is 34.9. The van der Waals surface area contributed by atoms with Crippen molar-refractivity contribution in [3.8, 4) is 11.3 Å². The number of carbonyl (C=O) groups excluding carboxylic acids is 5. The predicted molar refractivity (Wildman–Crippen MR) is 365 cm³/mol. The van der Waals surface area contributed by atoms with Crippen molar-refractivity contribution in [1.82, 2.24) is 44.6 Å². The topological polar surface area (TPSA) is 320 Å². The molecule has 2 bridgehead atoms. The van der Waals surface area contributed by atoms with Crippen LogP contribution in [0.15, 0.2) is 82.7 Å². The van der Waals surface area contributed by atoms with Gasteiger partial charge in [0.15, 0.2) is 22.9 Å². The lowest BCUT2D eigenvalue weighted by Gasteiger charge is -2.42. The number of hydrogen-bond acceptors (Lipinski definition) is 22. The number of anilines is 1. The summed E-state index contributed by atoms with van der Waals surface area (Å²) in [5.74, 6) is -7.30. The Bertz CT molecular complexity index is 3670. The third-order valence-corrected chi connectivity index (χ3v) is 20.2. The molecule has 25 heteroatoms. The first-order chi connectivity index (χ1) is 47.0. The number of cyclic esters (lactones) is 1. The molecule has 4 aromatic heterocycles. The number of rotatable bonds is 18. The van der Waals surface area contributed by atoms with Crippen molar-refractivity contribution in [2.75, 3.05) is 46.8 Å². The molecule has 3 aliphatic heterocycles. The quantitative estimate of drug-likeness (QED) is 0.0318. The Morgan fingerprint density at radius 2 is 1.65 bits per heavy atom. The first-order valence-electron chi connectivity index (χ1n) is 34.9. The molecule has 15 atom stereocenters. The number of ketones is 3. The summed E-state index contributed by atoms with van der Waals surface area (Å²) in [7, 11) is 4.62. The number of methoxy groups -OCH3 is 3. The normalized spacial score (nSPS) is 30.9. The number of Topliss-reactive ketones (excluding diaryl/α,β-unsaturated/α-hetero) is 3. The number of nitrogen functional groups attached to an aromatic ring is 1. The minimum absolute atomic E-state index is 0.00291. The van der Waals surface area contributed by atoms with Gasteiger partial charge in [0.2, 0.25) is 5.79 Å². The van der Waals surface area contributed by atoms with Crippen LogP contribution in [0, 0.1) is 42.4 Å². The summed E-state index contributed by atoms with van der Waals surface area (Å²) in [6.07, 6.45) is 16.4. The Kier molecular flexibility index (Phi) is 26.6. The number of nitrogens with zero attached hydrogens (tertiary/aromatic N) is 9. The SMILES string of the molecule is CO[C@H]1C[C@@H]2CC[C@@H](C)[C@@](O)(O2)C(=O)C(=O)N2CCCC[C@H]2C(=O)O[C@H]([C@H](C)C[C@@H]2CC[C@@H](OCCOCc3cn(CCCCn4nc(-c5ccc6oc(C)nc6c5)c5c(N)ncnc54)nn3)[C@H](OC)C2)CC(=O)[C@H](C)/C=C(\C)[C@@H](O)[C@@H](OC)C(=O)[C@H](C)C[C@H](C)/C=C/C=C/C=C/1C. The van der Waals surface area contributed by atoms with E-state index in [0.29, 0.717) is 129 Å². The Morgan fingerprint density at radius 1 is 0.857 bits per heavy atom. The smallest absolute Gasteiger partial charge is 0.329 e. The van der Waals surface area contributed by atoms with E-state index in [1.807, 2.05) is 94.1 Å². The number of amides is 1. The van der Waals surface area contributed by atoms with Crippen LogP contribution >= 0.6 is 0 Å². The average molecular weight is 1360 g/mol. The summed E-state index contributed by atoms with van der Waals surface area (Å²) >= 11 is 0. The molecule has 534 valence electrons. The zero-order valence-corrected chi connectivity index (χ0v) is 58.9. The molecule has 1 saturated carbocycles. The van der Waals surface area contributed by atoms with Crippen molar-refractivity contribution in [3.63, 3.8) is 0 Å². The molecule has 4 aliphatic rings. The van der Waals surface area contributed by atoms with Crippen molar-refractivity contribution in [1.29, 1.82) is 0 Å². The number of oxazole rings is 1. The molecule has 1 aromatic carbocycles. The highest BCUT2D eigenvalue weighted by Gasteiger charge is 2.53. The third-order valence-electron chi connectivity index (χ3n) is 20.2. The number of fused-ring (bicyclic) bond motifs is 5. The Balaban J connectivity index is 0.811. The highest BCUT2D eigenvalue weighted by atomic mass is 16.6. The minimum Gasteiger partial charge on any atom is -0.460 e. The summed E-state index contributed by atoms with van der Waals surface area (Å²) in [5.41, 5.74) is 11.9. The molecule has 2 saturated heterocycles. The van der Waals surface area contributed by atoms with Gasteiger partial charge in [-0.2, -0.15) is 5.10 Å². The fourth-order valence-corrected chi connectivity index (χ4v) is 14.4. The molecule has 7 heterocycles. The van der Waals surface area contributed by atoms with Crippen molar-refractivity contribution < 1.29 is 71.8 Å². The zero-order valence-electron chi connectivity index (χ0n) is 58.9. The Labute approximate surface area is 574 Å². The van der Waals surface area contributed by atoms with E-state index in [-0.39, 0.29) is 67.5 Å². The lowest BCUT2D eigenvalue weighted by atomic mass is 9.78. The van der Waals surface area contributed by atoms with Crippen molar-refractivity contribution in [2.45, 2.75) is 220 Å². The van der Waals surface area contributed by atoms with Crippen LogP contribution in [0.25, 0.3) is 33.4 Å². The standard InChI is InChI=1S/C73H102N10O15/c1-43-19-13-12-14-20-44(2)60(91-9)38-54-25-22-49(7)73(90,98-54)68(87)71(88)82-29-16-15-21-56(82)72(89)97-61(39-57(84)45(3)34-48(6)66(86)67(93-11)65(85)47(5)33-43)46(4)35-51-23-26-59(62(36-51)92-10)95-32-31-94-41-53-40-81(80-78-53)28-17-18-30-83-70-63(69(74)75-42-76-70)64(79-83)52-24-27-58-55(37-52)77-50(8)96-58/h12-14,19-20,24,27,34,37,40,42-43,45-47,49,51,54,56,59-62,66-67,86,90H,15-18,21-23,25-26,28-33,35-36,38-39,41H2,1-11H3,(H2,74,75,76)/b14-12+,19-13+,44-20+,48-34+/t43-,45-,46-,47-,49-,51+,54+,56+,59-,60+,61+,62-,66-,67+,73-/m1/s1. The summed E-state index contributed by atoms with van der Waals surface area (Å²) in [5, 5.41) is 38.0. The van der Waals surface area contributed by atoms with Gasteiger partial charge in [-0.25, -0.2) is 24.4 Å². The van der Waals surface area contributed by atoms with Gasteiger partial charge in [-0.15, -0.1) is 5.10 Å². The summed E-state index contributed by atoms with van der Waals surface area (Å²) < 4.78 is 52.0. The number of nitrogens with two attached hydrogens (primary N) is 1. The molecule has 0 radical (unpaired) electrons. The molecule has 4 N–H and O–H groups in total. The van der Waals surface area contributed by atoms with Gasteiger partial charge < -0.3 is 58.4 Å². The van der Waals surface area contributed by atoms with Crippen LogP contribution in [0.2, 0.25) is 0 Å². The third kappa shape index (κ3) is 18.6. The molecular weight excluding hydrogens is 1260 g/mol. The highest BCUT2D eigenvalue weighted by Crippen LogP contribution is 2.39. The van der Waals surface area contributed by atoms with E-state index in [9.17, 15) is 34.2 Å². The molecule has 9 rings (SSSR count). The molecular formula is C73H102N10O15. The molecule has 98 heavy (non-hydrogen) atoms. The Hall–Kier alpha value is -7.23. The first kappa shape index (κ1) is 75.0. The van der Waals surface area contributed by atoms with Crippen LogP contribution in [0.5, 0.6) is 0 Å². The van der Waals surface area contributed by atoms with Crippen LogP contribution in [0.3, 0.4) is 0 Å². The number of aromatic nitrogens is 8. The maximum absolute atomic E-state index is 14.8. The lowest BCUT2D eigenvalue weighted by molar-refractivity contribution is -0.265. The number of esters is 1. The van der Waals surface area contributed by atoms with Crippen LogP contribution in [0.4, 0.5) is 5.82 Å². The van der Waals surface area contributed by atoms with Gasteiger partial charge in [0, 0.05) is 84.0 Å². The van der Waals surface area contributed by atoms with Crippen molar-refractivity contribution in [2.24, 2.45) is 35.5 Å². The maximum atomic E-state index is 14.8. The highest BCUT2D eigenvalue weighted by molar-refractivity contribution is 6.39. The lowest BCUT2D eigenvalue weighted by Crippen LogP contribution is -2.61. The van der Waals surface area contributed by atoms with Crippen molar-refractivity contribution >= 4 is 57.2 Å². The largest absolute Gasteiger partial charge is 0.460 e. The molecule has 25 nitrogen and oxygen atoms in total. The van der Waals surface area contributed by atoms with Crippen LogP contribution in [0.1, 0.15) is 150 Å². The van der Waals surface area contributed by atoms with Gasteiger partial charge in [0.1, 0.15) is 59.2 Å². The molecule has 1 aliphatic carbocycles. The second kappa shape index (κ2) is 34.7. The number of hydrogen-bond donors (Lipinski definition) is 3. The van der Waals surface area contributed by atoms with Crippen LogP contribution < -0.4 is 5.73 Å². The van der Waals surface area contributed by atoms with E-state index < -0.39 is 77.8 Å². The summed E-state index contributed by atoms with van der Waals surface area (Å²) in [6, 6.07) is 4.56. The summed E-state index contributed by atoms with van der Waals surface area (Å²) in [4.78, 5) is 86.6.